The number of ether oxygens (including phenoxy) is 1. The van der Waals surface area contributed by atoms with Crippen LogP contribution in [-0.2, 0) is 5.75 Å². The fourth-order valence-electron chi connectivity index (χ4n) is 2.10. The summed E-state index contributed by atoms with van der Waals surface area (Å²) < 4.78 is 24.7. The van der Waals surface area contributed by atoms with E-state index in [9.17, 15) is 4.39 Å². The third-order valence-corrected chi connectivity index (χ3v) is 4.22. The number of nitrogens with zero attached hydrogens (tertiary/aromatic N) is 3. The SMILES string of the molecule is CC(Oc1ccccc1F)c1nnc(SCc2cccc(C#N)c2)o1. The first kappa shape index (κ1) is 17.0. The Morgan fingerprint density at radius 1 is 1.24 bits per heavy atom. The fourth-order valence-corrected chi connectivity index (χ4v) is 2.81. The molecule has 1 heterocycles. The smallest absolute Gasteiger partial charge is 0.277 e. The van der Waals surface area contributed by atoms with Gasteiger partial charge in [-0.25, -0.2) is 4.39 Å². The fraction of sp³-hybridized carbons (Fsp3) is 0.167. The topological polar surface area (TPSA) is 71.9 Å². The van der Waals surface area contributed by atoms with Gasteiger partial charge in [-0.1, -0.05) is 36.0 Å². The van der Waals surface area contributed by atoms with Gasteiger partial charge in [-0.3, -0.25) is 0 Å². The van der Waals surface area contributed by atoms with Crippen LogP contribution in [0, 0.1) is 17.1 Å². The van der Waals surface area contributed by atoms with Crippen molar-refractivity contribution >= 4 is 11.8 Å². The average Bonchev–Trinajstić information content (AvgIpc) is 3.11. The highest BCUT2D eigenvalue weighted by atomic mass is 32.2. The first-order chi connectivity index (χ1) is 12.2. The van der Waals surface area contributed by atoms with Crippen LogP contribution >= 0.6 is 11.8 Å². The van der Waals surface area contributed by atoms with E-state index in [0.717, 1.165) is 5.56 Å². The van der Waals surface area contributed by atoms with Gasteiger partial charge < -0.3 is 9.15 Å². The summed E-state index contributed by atoms with van der Waals surface area (Å²) in [5.74, 6) is 0.563. The second-order valence-corrected chi connectivity index (χ2v) is 6.12. The maximum atomic E-state index is 13.6. The minimum atomic E-state index is -0.569. The van der Waals surface area contributed by atoms with Crippen LogP contribution in [0.15, 0.2) is 58.2 Å². The molecular weight excluding hydrogens is 341 g/mol. The Morgan fingerprint density at radius 3 is 2.88 bits per heavy atom. The van der Waals surface area contributed by atoms with Gasteiger partial charge in [-0.15, -0.1) is 10.2 Å². The zero-order valence-electron chi connectivity index (χ0n) is 13.3. The van der Waals surface area contributed by atoms with Crippen molar-refractivity contribution in [2.24, 2.45) is 0 Å². The molecule has 0 amide bonds. The molecule has 1 unspecified atom stereocenters. The molecule has 5 nitrogen and oxygen atoms in total. The summed E-state index contributed by atoms with van der Waals surface area (Å²) in [6.07, 6.45) is -0.569. The lowest BCUT2D eigenvalue weighted by atomic mass is 10.2. The maximum absolute atomic E-state index is 13.6. The minimum Gasteiger partial charge on any atom is -0.478 e. The van der Waals surface area contributed by atoms with E-state index < -0.39 is 11.9 Å². The van der Waals surface area contributed by atoms with Gasteiger partial charge in [0.1, 0.15) is 0 Å². The molecule has 0 spiro atoms. The summed E-state index contributed by atoms with van der Waals surface area (Å²) in [4.78, 5) is 0. The quantitative estimate of drug-likeness (QED) is 0.606. The number of nitriles is 1. The van der Waals surface area contributed by atoms with Crippen LogP contribution in [0.3, 0.4) is 0 Å². The molecule has 0 radical (unpaired) electrons. The van der Waals surface area contributed by atoms with Gasteiger partial charge in [-0.2, -0.15) is 5.26 Å². The van der Waals surface area contributed by atoms with Crippen LogP contribution < -0.4 is 4.74 Å². The lowest BCUT2D eigenvalue weighted by molar-refractivity contribution is 0.174. The molecule has 0 saturated carbocycles. The second-order valence-electron chi connectivity index (χ2n) is 5.20. The van der Waals surface area contributed by atoms with E-state index in [-0.39, 0.29) is 11.6 Å². The molecule has 25 heavy (non-hydrogen) atoms. The molecule has 0 aliphatic carbocycles. The van der Waals surface area contributed by atoms with Crippen LogP contribution in [0.25, 0.3) is 0 Å². The van der Waals surface area contributed by atoms with E-state index in [1.54, 1.807) is 31.2 Å². The molecule has 1 aromatic heterocycles. The van der Waals surface area contributed by atoms with E-state index in [1.807, 2.05) is 18.2 Å². The predicted molar refractivity (Wildman–Crippen MR) is 90.5 cm³/mol. The third kappa shape index (κ3) is 4.37. The van der Waals surface area contributed by atoms with Gasteiger partial charge in [-0.05, 0) is 36.8 Å². The van der Waals surface area contributed by atoms with Crippen molar-refractivity contribution in [3.8, 4) is 11.8 Å². The number of rotatable bonds is 6. The number of para-hydroxylation sites is 1. The monoisotopic (exact) mass is 355 g/mol. The lowest BCUT2D eigenvalue weighted by Crippen LogP contribution is -2.04. The highest BCUT2D eigenvalue weighted by Gasteiger charge is 2.17. The van der Waals surface area contributed by atoms with Gasteiger partial charge in [0.2, 0.25) is 0 Å². The Hall–Kier alpha value is -2.85. The number of benzene rings is 2. The lowest BCUT2D eigenvalue weighted by Gasteiger charge is -2.11. The Kier molecular flexibility index (Phi) is 5.31. The van der Waals surface area contributed by atoms with Crippen LogP contribution in [0.5, 0.6) is 5.75 Å². The molecular formula is C18H14FN3O2S. The Labute approximate surface area is 148 Å². The van der Waals surface area contributed by atoms with Crippen molar-refractivity contribution in [2.45, 2.75) is 24.0 Å². The average molecular weight is 355 g/mol. The van der Waals surface area contributed by atoms with Crippen molar-refractivity contribution in [2.75, 3.05) is 0 Å². The van der Waals surface area contributed by atoms with Gasteiger partial charge in [0.15, 0.2) is 17.7 Å². The second kappa shape index (κ2) is 7.81. The molecule has 7 heteroatoms. The van der Waals surface area contributed by atoms with Gasteiger partial charge >= 0.3 is 0 Å². The van der Waals surface area contributed by atoms with Gasteiger partial charge in [0, 0.05) is 5.75 Å². The first-order valence-electron chi connectivity index (χ1n) is 7.52. The van der Waals surface area contributed by atoms with Crippen molar-refractivity contribution < 1.29 is 13.5 Å². The molecule has 0 aliphatic heterocycles. The standard InChI is InChI=1S/C18H14FN3O2S/c1-12(23-16-8-3-2-7-15(16)19)17-21-22-18(24-17)25-11-14-6-4-5-13(9-14)10-20/h2-9,12H,11H2,1H3. The minimum absolute atomic E-state index is 0.135. The normalized spacial score (nSPS) is 11.7. The van der Waals surface area contributed by atoms with E-state index >= 15 is 0 Å². The number of hydrogen-bond donors (Lipinski definition) is 0. The summed E-state index contributed by atoms with van der Waals surface area (Å²) in [6.45, 7) is 1.71. The highest BCUT2D eigenvalue weighted by Crippen LogP contribution is 2.27. The largest absolute Gasteiger partial charge is 0.478 e. The molecule has 0 aliphatic rings. The number of hydrogen-bond acceptors (Lipinski definition) is 6. The third-order valence-electron chi connectivity index (χ3n) is 3.33. The zero-order valence-corrected chi connectivity index (χ0v) is 14.2. The summed E-state index contributed by atoms with van der Waals surface area (Å²) in [5.41, 5.74) is 1.59. The van der Waals surface area contributed by atoms with E-state index in [2.05, 4.69) is 16.3 Å². The zero-order chi connectivity index (χ0) is 17.6. The van der Waals surface area contributed by atoms with E-state index in [0.29, 0.717) is 16.5 Å². The van der Waals surface area contributed by atoms with Crippen molar-refractivity contribution in [1.29, 1.82) is 5.26 Å². The van der Waals surface area contributed by atoms with Crippen LogP contribution in [-0.4, -0.2) is 10.2 Å². The number of thioether (sulfide) groups is 1. The molecule has 3 aromatic rings. The molecule has 0 N–H and O–H groups in total. The predicted octanol–water partition coefficient (Wildman–Crippen LogP) is 4.51. The molecule has 0 bridgehead atoms. The molecule has 126 valence electrons. The van der Waals surface area contributed by atoms with Crippen LogP contribution in [0.4, 0.5) is 4.39 Å². The highest BCUT2D eigenvalue weighted by molar-refractivity contribution is 7.98. The Morgan fingerprint density at radius 2 is 2.08 bits per heavy atom. The summed E-state index contributed by atoms with van der Waals surface area (Å²) in [6, 6.07) is 15.6. The van der Waals surface area contributed by atoms with Crippen molar-refractivity contribution in [1.82, 2.24) is 10.2 Å². The molecule has 0 saturated heterocycles. The summed E-state index contributed by atoms with van der Waals surface area (Å²) in [7, 11) is 0. The van der Waals surface area contributed by atoms with Gasteiger partial charge in [0.25, 0.3) is 11.1 Å². The van der Waals surface area contributed by atoms with Gasteiger partial charge in [0.05, 0.1) is 11.6 Å². The number of aromatic nitrogens is 2. The molecule has 1 atom stereocenters. The van der Waals surface area contributed by atoms with Crippen molar-refractivity contribution in [3.63, 3.8) is 0 Å². The first-order valence-corrected chi connectivity index (χ1v) is 8.50. The number of halogens is 1. The van der Waals surface area contributed by atoms with E-state index in [1.165, 1.54) is 17.8 Å². The van der Waals surface area contributed by atoms with Crippen molar-refractivity contribution in [3.05, 3.63) is 71.4 Å². The molecule has 2 aromatic carbocycles. The van der Waals surface area contributed by atoms with Crippen LogP contribution in [0.1, 0.15) is 30.0 Å². The Balaban J connectivity index is 1.62. The van der Waals surface area contributed by atoms with Crippen LogP contribution in [0.2, 0.25) is 0 Å². The van der Waals surface area contributed by atoms with E-state index in [4.69, 9.17) is 14.4 Å². The summed E-state index contributed by atoms with van der Waals surface area (Å²) >= 11 is 1.36. The molecule has 0 fully saturated rings. The maximum Gasteiger partial charge on any atom is 0.277 e. The summed E-state index contributed by atoms with van der Waals surface area (Å²) in [5, 5.41) is 17.2. The molecule has 3 rings (SSSR count). The Bertz CT molecular complexity index is 907.